The molecule has 2 heterocycles. The molecular formula is C16H20FN3O. The van der Waals surface area contributed by atoms with Crippen molar-refractivity contribution in [2.24, 2.45) is 0 Å². The minimum Gasteiger partial charge on any atom is -0.492 e. The summed E-state index contributed by atoms with van der Waals surface area (Å²) in [6.45, 7) is 5.31. The molecule has 0 amide bonds. The molecule has 0 aliphatic rings. The van der Waals surface area contributed by atoms with E-state index < -0.39 is 0 Å². The average molecular weight is 289 g/mol. The van der Waals surface area contributed by atoms with E-state index in [0.29, 0.717) is 18.1 Å². The number of pyridine rings is 2. The molecule has 1 N–H and O–H groups in total. The Morgan fingerprint density at radius 3 is 2.90 bits per heavy atom. The van der Waals surface area contributed by atoms with E-state index in [4.69, 9.17) is 4.74 Å². The van der Waals surface area contributed by atoms with Gasteiger partial charge in [-0.3, -0.25) is 9.97 Å². The number of ether oxygens (including phenoxy) is 1. The summed E-state index contributed by atoms with van der Waals surface area (Å²) in [6.07, 6.45) is 5.91. The Morgan fingerprint density at radius 2 is 2.19 bits per heavy atom. The molecule has 1 unspecified atom stereocenters. The summed E-state index contributed by atoms with van der Waals surface area (Å²) >= 11 is 0. The normalized spacial score (nSPS) is 12.1. The molecule has 0 aromatic carbocycles. The number of halogens is 1. The van der Waals surface area contributed by atoms with Crippen molar-refractivity contribution in [1.29, 1.82) is 0 Å². The molecule has 112 valence electrons. The Balaban J connectivity index is 2.36. The molecule has 1 atom stereocenters. The second kappa shape index (κ2) is 7.69. The van der Waals surface area contributed by atoms with E-state index in [1.807, 2.05) is 13.0 Å². The standard InChI is InChI=1S/C16H20FN3O/c1-3-7-19-15(16-14(17)6-5-8-20-16)12-9-13(21-4-2)11-18-10-12/h5-6,8-11,15,19H,3-4,7H2,1-2H3. The van der Waals surface area contributed by atoms with Crippen LogP contribution in [-0.4, -0.2) is 23.1 Å². The van der Waals surface area contributed by atoms with Crippen LogP contribution in [0.4, 0.5) is 4.39 Å². The predicted molar refractivity (Wildman–Crippen MR) is 79.7 cm³/mol. The van der Waals surface area contributed by atoms with Gasteiger partial charge in [-0.25, -0.2) is 4.39 Å². The maximum Gasteiger partial charge on any atom is 0.146 e. The van der Waals surface area contributed by atoms with Crippen LogP contribution in [0.5, 0.6) is 5.75 Å². The summed E-state index contributed by atoms with van der Waals surface area (Å²) in [5.74, 6) is 0.350. The molecule has 5 heteroatoms. The summed E-state index contributed by atoms with van der Waals surface area (Å²) in [5, 5.41) is 3.31. The SMILES string of the molecule is CCCNC(c1cncc(OCC)c1)c1ncccc1F. The van der Waals surface area contributed by atoms with Crippen molar-refractivity contribution in [1.82, 2.24) is 15.3 Å². The van der Waals surface area contributed by atoms with Gasteiger partial charge in [0, 0.05) is 12.4 Å². The van der Waals surface area contributed by atoms with E-state index in [0.717, 1.165) is 18.5 Å². The first-order chi connectivity index (χ1) is 10.3. The minimum absolute atomic E-state index is 0.326. The number of nitrogens with zero attached hydrogens (tertiary/aromatic N) is 2. The summed E-state index contributed by atoms with van der Waals surface area (Å²) < 4.78 is 19.5. The third-order valence-electron chi connectivity index (χ3n) is 3.04. The van der Waals surface area contributed by atoms with Crippen LogP contribution < -0.4 is 10.1 Å². The summed E-state index contributed by atoms with van der Waals surface area (Å²) in [4.78, 5) is 8.35. The summed E-state index contributed by atoms with van der Waals surface area (Å²) in [5.41, 5.74) is 1.22. The summed E-state index contributed by atoms with van der Waals surface area (Å²) in [6, 6.07) is 4.55. The Labute approximate surface area is 124 Å². The lowest BCUT2D eigenvalue weighted by molar-refractivity contribution is 0.338. The van der Waals surface area contributed by atoms with Gasteiger partial charge in [-0.1, -0.05) is 6.92 Å². The fraction of sp³-hybridized carbons (Fsp3) is 0.375. The van der Waals surface area contributed by atoms with Crippen LogP contribution >= 0.6 is 0 Å². The first-order valence-corrected chi connectivity index (χ1v) is 7.17. The van der Waals surface area contributed by atoms with Crippen LogP contribution in [0, 0.1) is 5.82 Å². The van der Waals surface area contributed by atoms with Gasteiger partial charge < -0.3 is 10.1 Å². The number of hydrogen-bond donors (Lipinski definition) is 1. The van der Waals surface area contributed by atoms with E-state index >= 15 is 0 Å². The molecule has 21 heavy (non-hydrogen) atoms. The molecule has 0 aliphatic carbocycles. The van der Waals surface area contributed by atoms with Crippen molar-refractivity contribution >= 4 is 0 Å². The Morgan fingerprint density at radius 1 is 1.33 bits per heavy atom. The van der Waals surface area contributed by atoms with Crippen LogP contribution in [0.3, 0.4) is 0 Å². The van der Waals surface area contributed by atoms with Gasteiger partial charge in [-0.05, 0) is 43.7 Å². The largest absolute Gasteiger partial charge is 0.492 e. The van der Waals surface area contributed by atoms with Crippen molar-refractivity contribution in [3.05, 3.63) is 53.9 Å². The van der Waals surface area contributed by atoms with Gasteiger partial charge >= 0.3 is 0 Å². The van der Waals surface area contributed by atoms with Gasteiger partial charge in [0.2, 0.25) is 0 Å². The number of hydrogen-bond acceptors (Lipinski definition) is 4. The fourth-order valence-electron chi connectivity index (χ4n) is 2.11. The highest BCUT2D eigenvalue weighted by Gasteiger charge is 2.19. The van der Waals surface area contributed by atoms with Crippen molar-refractivity contribution in [2.75, 3.05) is 13.2 Å². The van der Waals surface area contributed by atoms with Crippen LogP contribution in [0.15, 0.2) is 36.8 Å². The van der Waals surface area contributed by atoms with Crippen LogP contribution in [-0.2, 0) is 0 Å². The second-order valence-electron chi connectivity index (χ2n) is 4.64. The third kappa shape index (κ3) is 3.98. The number of aromatic nitrogens is 2. The first-order valence-electron chi connectivity index (χ1n) is 7.17. The third-order valence-corrected chi connectivity index (χ3v) is 3.04. The van der Waals surface area contributed by atoms with E-state index in [-0.39, 0.29) is 11.9 Å². The molecule has 2 rings (SSSR count). The number of nitrogens with one attached hydrogen (secondary N) is 1. The highest BCUT2D eigenvalue weighted by Crippen LogP contribution is 2.24. The zero-order valence-corrected chi connectivity index (χ0v) is 12.3. The molecule has 0 aliphatic heterocycles. The predicted octanol–water partition coefficient (Wildman–Crippen LogP) is 3.10. The first kappa shape index (κ1) is 15.4. The quantitative estimate of drug-likeness (QED) is 0.851. The zero-order chi connectivity index (χ0) is 15.1. The zero-order valence-electron chi connectivity index (χ0n) is 12.3. The van der Waals surface area contributed by atoms with Crippen LogP contribution in [0.2, 0.25) is 0 Å². The minimum atomic E-state index is -0.334. The van der Waals surface area contributed by atoms with E-state index in [1.54, 1.807) is 24.7 Å². The molecule has 0 saturated heterocycles. The van der Waals surface area contributed by atoms with Gasteiger partial charge in [-0.15, -0.1) is 0 Å². The molecular weight excluding hydrogens is 269 g/mol. The lowest BCUT2D eigenvalue weighted by Gasteiger charge is -2.19. The average Bonchev–Trinajstić information content (AvgIpc) is 2.50. The van der Waals surface area contributed by atoms with Crippen molar-refractivity contribution in [3.8, 4) is 5.75 Å². The molecule has 0 bridgehead atoms. The van der Waals surface area contributed by atoms with Crippen molar-refractivity contribution < 1.29 is 9.13 Å². The molecule has 0 saturated carbocycles. The highest BCUT2D eigenvalue weighted by molar-refractivity contribution is 5.31. The smallest absolute Gasteiger partial charge is 0.146 e. The Bertz CT molecular complexity index is 577. The molecule has 0 radical (unpaired) electrons. The lowest BCUT2D eigenvalue weighted by atomic mass is 10.0. The van der Waals surface area contributed by atoms with Gasteiger partial charge in [0.1, 0.15) is 11.6 Å². The van der Waals surface area contributed by atoms with Gasteiger partial charge in [0.15, 0.2) is 0 Å². The molecule has 4 nitrogen and oxygen atoms in total. The molecule has 2 aromatic heterocycles. The fourth-order valence-corrected chi connectivity index (χ4v) is 2.11. The van der Waals surface area contributed by atoms with E-state index in [9.17, 15) is 4.39 Å². The monoisotopic (exact) mass is 289 g/mol. The van der Waals surface area contributed by atoms with E-state index in [2.05, 4.69) is 22.2 Å². The summed E-state index contributed by atoms with van der Waals surface area (Å²) in [7, 11) is 0. The van der Waals surface area contributed by atoms with Crippen LogP contribution in [0.25, 0.3) is 0 Å². The van der Waals surface area contributed by atoms with E-state index in [1.165, 1.54) is 6.07 Å². The van der Waals surface area contributed by atoms with Crippen molar-refractivity contribution in [3.63, 3.8) is 0 Å². The second-order valence-corrected chi connectivity index (χ2v) is 4.64. The topological polar surface area (TPSA) is 47.0 Å². The molecule has 0 fully saturated rings. The number of rotatable bonds is 7. The van der Waals surface area contributed by atoms with Gasteiger partial charge in [0.25, 0.3) is 0 Å². The lowest BCUT2D eigenvalue weighted by Crippen LogP contribution is -2.25. The van der Waals surface area contributed by atoms with Gasteiger partial charge in [0.05, 0.1) is 24.5 Å². The maximum absolute atomic E-state index is 14.0. The Hall–Kier alpha value is -2.01. The van der Waals surface area contributed by atoms with Crippen LogP contribution in [0.1, 0.15) is 37.6 Å². The van der Waals surface area contributed by atoms with Gasteiger partial charge in [-0.2, -0.15) is 0 Å². The highest BCUT2D eigenvalue weighted by atomic mass is 19.1. The molecule has 2 aromatic rings. The Kier molecular flexibility index (Phi) is 5.63. The maximum atomic E-state index is 14.0. The van der Waals surface area contributed by atoms with Crippen molar-refractivity contribution in [2.45, 2.75) is 26.3 Å². The molecule has 0 spiro atoms.